The summed E-state index contributed by atoms with van der Waals surface area (Å²) in [5.41, 5.74) is 8.55. The van der Waals surface area contributed by atoms with Crippen LogP contribution in [0.3, 0.4) is 0 Å². The second-order valence-electron chi connectivity index (χ2n) is 5.34. The molecule has 0 radical (unpaired) electrons. The average Bonchev–Trinajstić information content (AvgIpc) is 2.82. The Morgan fingerprint density at radius 2 is 2.17 bits per heavy atom. The first-order valence-corrected chi connectivity index (χ1v) is 6.91. The van der Waals surface area contributed by atoms with E-state index < -0.39 is 0 Å². The first-order chi connectivity index (χ1) is 8.68. The summed E-state index contributed by atoms with van der Waals surface area (Å²) in [7, 11) is 0. The number of aliphatic hydroxyl groups excluding tert-OH is 1. The number of aliphatic hydroxyl groups is 1. The highest BCUT2D eigenvalue weighted by atomic mass is 16.3. The van der Waals surface area contributed by atoms with E-state index in [0.29, 0.717) is 0 Å². The zero-order chi connectivity index (χ0) is 13.0. The minimum Gasteiger partial charge on any atom is -0.394 e. The topological polar surface area (TPSA) is 49.5 Å². The van der Waals surface area contributed by atoms with Crippen LogP contribution in [-0.2, 0) is 6.42 Å². The first kappa shape index (κ1) is 13.4. The van der Waals surface area contributed by atoms with E-state index in [-0.39, 0.29) is 12.1 Å². The molecule has 0 fully saturated rings. The standard InChI is InChI=1S/C15H24N2O/c1-2-15(16,12-18)9-5-10-17-11-8-13-6-3-4-7-14(13)17/h3-4,6-7,18H,2,5,8-12,16H2,1H3. The minimum atomic E-state index is -0.390. The summed E-state index contributed by atoms with van der Waals surface area (Å²) in [5, 5.41) is 9.30. The average molecular weight is 248 g/mol. The van der Waals surface area contributed by atoms with Crippen molar-refractivity contribution in [2.75, 3.05) is 24.6 Å². The molecule has 18 heavy (non-hydrogen) atoms. The monoisotopic (exact) mass is 248 g/mol. The third-order valence-corrected chi connectivity index (χ3v) is 4.11. The fraction of sp³-hybridized carbons (Fsp3) is 0.600. The van der Waals surface area contributed by atoms with Crippen molar-refractivity contribution in [3.8, 4) is 0 Å². The summed E-state index contributed by atoms with van der Waals surface area (Å²) < 4.78 is 0. The number of nitrogens with two attached hydrogens (primary N) is 1. The Morgan fingerprint density at radius 1 is 1.39 bits per heavy atom. The van der Waals surface area contributed by atoms with Gasteiger partial charge in [-0.3, -0.25) is 0 Å². The third-order valence-electron chi connectivity index (χ3n) is 4.11. The van der Waals surface area contributed by atoms with Crippen LogP contribution in [0.1, 0.15) is 31.7 Å². The lowest BCUT2D eigenvalue weighted by atomic mass is 9.92. The number of hydrogen-bond acceptors (Lipinski definition) is 3. The fourth-order valence-electron chi connectivity index (χ4n) is 2.63. The van der Waals surface area contributed by atoms with Gasteiger partial charge in [0.25, 0.3) is 0 Å². The maximum absolute atomic E-state index is 9.30. The van der Waals surface area contributed by atoms with Gasteiger partial charge in [-0.25, -0.2) is 0 Å². The quantitative estimate of drug-likeness (QED) is 0.809. The number of rotatable bonds is 6. The van der Waals surface area contributed by atoms with Crippen LogP contribution in [0, 0.1) is 0 Å². The predicted molar refractivity (Wildman–Crippen MR) is 75.9 cm³/mol. The Bertz CT molecular complexity index is 388. The van der Waals surface area contributed by atoms with Gasteiger partial charge < -0.3 is 15.7 Å². The van der Waals surface area contributed by atoms with Crippen molar-refractivity contribution in [1.82, 2.24) is 0 Å². The van der Waals surface area contributed by atoms with Crippen LogP contribution in [0.2, 0.25) is 0 Å². The summed E-state index contributed by atoms with van der Waals surface area (Å²) in [6.07, 6.45) is 3.91. The Labute approximate surface area is 110 Å². The molecule has 1 aromatic rings. The molecule has 1 aliphatic rings. The van der Waals surface area contributed by atoms with Crippen molar-refractivity contribution in [3.05, 3.63) is 29.8 Å². The molecule has 3 N–H and O–H groups in total. The van der Waals surface area contributed by atoms with Crippen LogP contribution < -0.4 is 10.6 Å². The van der Waals surface area contributed by atoms with Gasteiger partial charge in [-0.2, -0.15) is 0 Å². The molecule has 0 aliphatic carbocycles. The molecule has 100 valence electrons. The number of hydrogen-bond donors (Lipinski definition) is 2. The molecule has 3 heteroatoms. The van der Waals surface area contributed by atoms with E-state index in [2.05, 4.69) is 29.2 Å². The Balaban J connectivity index is 1.86. The molecule has 1 aromatic carbocycles. The second kappa shape index (κ2) is 5.72. The normalized spacial score (nSPS) is 17.6. The van der Waals surface area contributed by atoms with Crippen molar-refractivity contribution in [1.29, 1.82) is 0 Å². The molecule has 1 atom stereocenters. The highest BCUT2D eigenvalue weighted by Gasteiger charge is 2.23. The second-order valence-corrected chi connectivity index (χ2v) is 5.34. The van der Waals surface area contributed by atoms with Gasteiger partial charge in [-0.05, 0) is 37.3 Å². The van der Waals surface area contributed by atoms with Gasteiger partial charge in [0.1, 0.15) is 0 Å². The lowest BCUT2D eigenvalue weighted by molar-refractivity contribution is 0.181. The molecular formula is C15H24N2O. The molecule has 0 amide bonds. The molecule has 0 saturated carbocycles. The van der Waals surface area contributed by atoms with Gasteiger partial charge in [0, 0.05) is 24.3 Å². The molecule has 1 aliphatic heterocycles. The van der Waals surface area contributed by atoms with Crippen LogP contribution in [-0.4, -0.2) is 30.3 Å². The molecule has 0 saturated heterocycles. The molecule has 0 spiro atoms. The largest absolute Gasteiger partial charge is 0.394 e. The number of fused-ring (bicyclic) bond motifs is 1. The maximum atomic E-state index is 9.30. The van der Waals surface area contributed by atoms with E-state index in [0.717, 1.165) is 38.8 Å². The van der Waals surface area contributed by atoms with Gasteiger partial charge in [-0.1, -0.05) is 25.1 Å². The van der Waals surface area contributed by atoms with E-state index in [1.54, 1.807) is 0 Å². The molecule has 2 rings (SSSR count). The zero-order valence-electron chi connectivity index (χ0n) is 11.2. The van der Waals surface area contributed by atoms with Crippen LogP contribution in [0.25, 0.3) is 0 Å². The van der Waals surface area contributed by atoms with E-state index in [4.69, 9.17) is 5.73 Å². The molecule has 0 bridgehead atoms. The van der Waals surface area contributed by atoms with Crippen LogP contribution in [0.5, 0.6) is 0 Å². The lowest BCUT2D eigenvalue weighted by Gasteiger charge is -2.27. The Morgan fingerprint density at radius 3 is 2.89 bits per heavy atom. The molecule has 1 unspecified atom stereocenters. The fourth-order valence-corrected chi connectivity index (χ4v) is 2.63. The van der Waals surface area contributed by atoms with Gasteiger partial charge in [0.2, 0.25) is 0 Å². The van der Waals surface area contributed by atoms with Gasteiger partial charge in [0.05, 0.1) is 6.61 Å². The number of anilines is 1. The first-order valence-electron chi connectivity index (χ1n) is 6.91. The SMILES string of the molecule is CCC(N)(CO)CCCN1CCc2ccccc21. The lowest BCUT2D eigenvalue weighted by Crippen LogP contribution is -2.43. The zero-order valence-corrected chi connectivity index (χ0v) is 11.2. The van der Waals surface area contributed by atoms with Crippen molar-refractivity contribution in [2.24, 2.45) is 5.73 Å². The third kappa shape index (κ3) is 2.85. The number of benzene rings is 1. The van der Waals surface area contributed by atoms with Gasteiger partial charge in [-0.15, -0.1) is 0 Å². The van der Waals surface area contributed by atoms with E-state index >= 15 is 0 Å². The predicted octanol–water partition coefficient (Wildman–Crippen LogP) is 1.93. The summed E-state index contributed by atoms with van der Waals surface area (Å²) in [4.78, 5) is 2.43. The number of para-hydroxylation sites is 1. The van der Waals surface area contributed by atoms with Crippen molar-refractivity contribution in [3.63, 3.8) is 0 Å². The summed E-state index contributed by atoms with van der Waals surface area (Å²) in [6, 6.07) is 8.62. The van der Waals surface area contributed by atoms with Gasteiger partial charge >= 0.3 is 0 Å². The highest BCUT2D eigenvalue weighted by Crippen LogP contribution is 2.27. The number of nitrogens with zero attached hydrogens (tertiary/aromatic N) is 1. The van der Waals surface area contributed by atoms with E-state index in [1.165, 1.54) is 11.3 Å². The van der Waals surface area contributed by atoms with E-state index in [9.17, 15) is 5.11 Å². The summed E-state index contributed by atoms with van der Waals surface area (Å²) >= 11 is 0. The van der Waals surface area contributed by atoms with Crippen LogP contribution in [0.15, 0.2) is 24.3 Å². The molecule has 3 nitrogen and oxygen atoms in total. The van der Waals surface area contributed by atoms with Crippen molar-refractivity contribution in [2.45, 2.75) is 38.1 Å². The Kier molecular flexibility index (Phi) is 4.25. The van der Waals surface area contributed by atoms with Crippen molar-refractivity contribution < 1.29 is 5.11 Å². The smallest absolute Gasteiger partial charge is 0.0611 e. The van der Waals surface area contributed by atoms with Crippen molar-refractivity contribution >= 4 is 5.69 Å². The molecular weight excluding hydrogens is 224 g/mol. The summed E-state index contributed by atoms with van der Waals surface area (Å²) in [6.45, 7) is 4.28. The molecule has 0 aromatic heterocycles. The van der Waals surface area contributed by atoms with Crippen LogP contribution >= 0.6 is 0 Å². The van der Waals surface area contributed by atoms with E-state index in [1.807, 2.05) is 6.92 Å². The Hall–Kier alpha value is -1.06. The molecule has 1 heterocycles. The summed E-state index contributed by atoms with van der Waals surface area (Å²) in [5.74, 6) is 0. The highest BCUT2D eigenvalue weighted by molar-refractivity contribution is 5.57. The van der Waals surface area contributed by atoms with Crippen LogP contribution in [0.4, 0.5) is 5.69 Å². The van der Waals surface area contributed by atoms with Gasteiger partial charge in [0.15, 0.2) is 0 Å². The minimum absolute atomic E-state index is 0.0834. The maximum Gasteiger partial charge on any atom is 0.0611 e.